The van der Waals surface area contributed by atoms with Crippen LogP contribution in [0.15, 0.2) is 106 Å². The fourth-order valence-electron chi connectivity index (χ4n) is 7.35. The van der Waals surface area contributed by atoms with E-state index in [1.54, 1.807) is 17.4 Å². The molecule has 266 valence electrons. The SMILES string of the molecule is CC(C)(C)OC(=O)N1CCN(/C=C/[C@@H]2C3=C(C=C(Br)C[N-]3)CCC3C=C(Cl)C=CC32C)CC1C(=O)N(CCn1ccnc1)Cc1ccccc1. The fraction of sp³-hybridized carbons (Fsp3) is 0.462. The van der Waals surface area contributed by atoms with Crippen LogP contribution in [0.25, 0.3) is 5.32 Å². The summed E-state index contributed by atoms with van der Waals surface area (Å²) in [4.78, 5) is 38.1. The molecule has 4 aliphatic rings. The Morgan fingerprint density at radius 3 is 2.76 bits per heavy atom. The van der Waals surface area contributed by atoms with Gasteiger partial charge in [0.2, 0.25) is 5.91 Å². The number of amides is 2. The molecule has 3 unspecified atom stereocenters. The third kappa shape index (κ3) is 8.40. The van der Waals surface area contributed by atoms with Crippen LogP contribution in [0.4, 0.5) is 4.79 Å². The lowest BCUT2D eigenvalue weighted by molar-refractivity contribution is -0.139. The molecule has 2 aromatic rings. The molecule has 0 bridgehead atoms. The summed E-state index contributed by atoms with van der Waals surface area (Å²) in [5.74, 6) is 0.140. The van der Waals surface area contributed by atoms with E-state index in [2.05, 4.69) is 63.2 Å². The highest BCUT2D eigenvalue weighted by atomic mass is 79.9. The zero-order chi connectivity index (χ0) is 35.5. The van der Waals surface area contributed by atoms with Gasteiger partial charge in [0.05, 0.1) is 6.33 Å². The third-order valence-corrected chi connectivity index (χ3v) is 10.8. The number of ether oxygens (including phenoxy) is 1. The Morgan fingerprint density at radius 1 is 1.22 bits per heavy atom. The fourth-order valence-corrected chi connectivity index (χ4v) is 7.96. The van der Waals surface area contributed by atoms with Crippen LogP contribution in [0, 0.1) is 17.3 Å². The summed E-state index contributed by atoms with van der Waals surface area (Å²) in [6.07, 6.45) is 19.9. The van der Waals surface area contributed by atoms with Gasteiger partial charge in [-0.05, 0) is 67.8 Å². The molecule has 11 heteroatoms. The van der Waals surface area contributed by atoms with E-state index in [0.717, 1.165) is 33.6 Å². The van der Waals surface area contributed by atoms with Gasteiger partial charge in [-0.15, -0.1) is 0 Å². The van der Waals surface area contributed by atoms with Crippen LogP contribution in [0.3, 0.4) is 0 Å². The van der Waals surface area contributed by atoms with Crippen molar-refractivity contribution in [2.75, 3.05) is 32.7 Å². The summed E-state index contributed by atoms with van der Waals surface area (Å²) >= 11 is 10.2. The van der Waals surface area contributed by atoms with Crippen molar-refractivity contribution in [3.8, 4) is 0 Å². The van der Waals surface area contributed by atoms with E-state index in [1.807, 2.05) is 72.8 Å². The highest BCUT2D eigenvalue weighted by molar-refractivity contribution is 9.11. The van der Waals surface area contributed by atoms with Crippen molar-refractivity contribution >= 4 is 39.5 Å². The quantitative estimate of drug-likeness (QED) is 0.272. The van der Waals surface area contributed by atoms with E-state index in [1.165, 1.54) is 5.57 Å². The van der Waals surface area contributed by atoms with Gasteiger partial charge in [-0.1, -0.05) is 101 Å². The molecule has 0 saturated carbocycles. The Labute approximate surface area is 309 Å². The van der Waals surface area contributed by atoms with Crippen molar-refractivity contribution in [1.29, 1.82) is 0 Å². The van der Waals surface area contributed by atoms with Gasteiger partial charge in [-0.25, -0.2) is 9.78 Å². The molecule has 9 nitrogen and oxygen atoms in total. The largest absolute Gasteiger partial charge is 0.683 e. The van der Waals surface area contributed by atoms with Crippen LogP contribution in [0.1, 0.15) is 46.1 Å². The number of hydrogen-bond acceptors (Lipinski definition) is 5. The van der Waals surface area contributed by atoms with Crippen LogP contribution >= 0.6 is 27.5 Å². The van der Waals surface area contributed by atoms with E-state index in [0.29, 0.717) is 45.8 Å². The molecule has 2 aliphatic heterocycles. The number of halogens is 2. The minimum atomic E-state index is -0.739. The predicted molar refractivity (Wildman–Crippen MR) is 201 cm³/mol. The van der Waals surface area contributed by atoms with Crippen molar-refractivity contribution < 1.29 is 14.3 Å². The molecule has 6 rings (SSSR count). The summed E-state index contributed by atoms with van der Waals surface area (Å²) in [7, 11) is 0. The van der Waals surface area contributed by atoms with Crippen molar-refractivity contribution in [2.24, 2.45) is 17.3 Å². The monoisotopic (exact) mass is 761 g/mol. The summed E-state index contributed by atoms with van der Waals surface area (Å²) in [6, 6.07) is 9.23. The lowest BCUT2D eigenvalue weighted by Gasteiger charge is -2.46. The zero-order valence-corrected chi connectivity index (χ0v) is 31.7. The number of nitrogens with zero attached hydrogens (tertiary/aromatic N) is 6. The molecule has 1 aromatic carbocycles. The van der Waals surface area contributed by atoms with E-state index < -0.39 is 17.7 Å². The van der Waals surface area contributed by atoms with Crippen molar-refractivity contribution in [2.45, 2.75) is 65.3 Å². The molecule has 50 heavy (non-hydrogen) atoms. The average molecular weight is 763 g/mol. The van der Waals surface area contributed by atoms with Gasteiger partial charge < -0.3 is 24.4 Å². The first-order chi connectivity index (χ1) is 23.9. The summed E-state index contributed by atoms with van der Waals surface area (Å²) in [6.45, 7) is 11.2. The Balaban J connectivity index is 1.30. The van der Waals surface area contributed by atoms with E-state index >= 15 is 0 Å². The third-order valence-electron chi connectivity index (χ3n) is 10.0. The highest BCUT2D eigenvalue weighted by Gasteiger charge is 2.42. The van der Waals surface area contributed by atoms with Crippen LogP contribution in [0.5, 0.6) is 0 Å². The first-order valence-electron chi connectivity index (χ1n) is 17.4. The molecule has 1 saturated heterocycles. The Morgan fingerprint density at radius 2 is 2.02 bits per heavy atom. The number of carbonyl (C=O) groups excluding carboxylic acids is 2. The second-order valence-corrected chi connectivity index (χ2v) is 16.2. The molecule has 4 atom stereocenters. The van der Waals surface area contributed by atoms with Crippen LogP contribution in [-0.2, 0) is 22.6 Å². The van der Waals surface area contributed by atoms with Gasteiger partial charge >= 0.3 is 6.09 Å². The molecule has 3 heterocycles. The van der Waals surface area contributed by atoms with Gasteiger partial charge in [0.15, 0.2) is 0 Å². The summed E-state index contributed by atoms with van der Waals surface area (Å²) < 4.78 is 8.89. The number of piperazine rings is 1. The second kappa shape index (κ2) is 15.2. The van der Waals surface area contributed by atoms with E-state index in [4.69, 9.17) is 21.7 Å². The first kappa shape index (κ1) is 36.0. The van der Waals surface area contributed by atoms with Crippen LogP contribution < -0.4 is 0 Å². The number of allylic oxidation sites excluding steroid dienone is 7. The highest BCUT2D eigenvalue weighted by Crippen LogP contribution is 2.53. The minimum absolute atomic E-state index is 0.00177. The lowest BCUT2D eigenvalue weighted by Crippen LogP contribution is -2.61. The van der Waals surface area contributed by atoms with Gasteiger partial charge in [0.1, 0.15) is 11.6 Å². The molecule has 0 spiro atoms. The number of carbonyl (C=O) groups is 2. The normalized spacial score (nSPS) is 25.3. The number of benzene rings is 1. The molecular formula is C39H47BrClN6O3-. The summed E-state index contributed by atoms with van der Waals surface area (Å²) in [5, 5.41) is 5.85. The van der Waals surface area contributed by atoms with Gasteiger partial charge in [0, 0.05) is 62.1 Å². The second-order valence-electron chi connectivity index (χ2n) is 14.8. The Kier molecular flexibility index (Phi) is 11.0. The molecule has 1 aromatic heterocycles. The molecule has 0 radical (unpaired) electrons. The molecular weight excluding hydrogens is 716 g/mol. The Bertz CT molecular complexity index is 1700. The van der Waals surface area contributed by atoms with Crippen molar-refractivity contribution in [3.63, 3.8) is 0 Å². The summed E-state index contributed by atoms with van der Waals surface area (Å²) in [5.41, 5.74) is 2.47. The molecule has 0 N–H and O–H groups in total. The maximum atomic E-state index is 14.7. The molecule has 2 amide bonds. The first-order valence-corrected chi connectivity index (χ1v) is 18.6. The van der Waals surface area contributed by atoms with Crippen molar-refractivity contribution in [1.82, 2.24) is 24.3 Å². The number of imidazole rings is 1. The van der Waals surface area contributed by atoms with E-state index in [-0.39, 0.29) is 23.2 Å². The standard InChI is InChI=1S/C39H47BrClN6O3/c1-38(2,3)50-37(49)47-21-19-44(26-34(47)36(48)46(20-18-45-17-15-42-27-45)25-28-8-6-5-7-9-28)16-13-33-35-29(22-31(40)24-43-35)10-11-30-23-32(41)12-14-39(30,33)4/h5-9,12-17,22-23,27,30,33-34H,10-11,18-21,24-26H2,1-4H3/q-1/b16-13+/t30?,33-,34?,39?/m1/s1. The van der Waals surface area contributed by atoms with Crippen LogP contribution in [-0.4, -0.2) is 80.6 Å². The number of fused-ring (bicyclic) bond motifs is 1. The maximum absolute atomic E-state index is 14.7. The van der Waals surface area contributed by atoms with Gasteiger partial charge in [-0.2, -0.15) is 5.70 Å². The Hall–Kier alpha value is -3.76. The van der Waals surface area contributed by atoms with Gasteiger partial charge in [-0.3, -0.25) is 9.69 Å². The number of rotatable bonds is 8. The average Bonchev–Trinajstić information content (AvgIpc) is 3.57. The van der Waals surface area contributed by atoms with E-state index in [9.17, 15) is 9.59 Å². The predicted octanol–water partition coefficient (Wildman–Crippen LogP) is 7.99. The lowest BCUT2D eigenvalue weighted by atomic mass is 9.64. The topological polar surface area (TPSA) is 85.0 Å². The van der Waals surface area contributed by atoms with Gasteiger partial charge in [0.25, 0.3) is 0 Å². The number of aromatic nitrogens is 2. The smallest absolute Gasteiger partial charge is 0.411 e. The zero-order valence-electron chi connectivity index (χ0n) is 29.3. The maximum Gasteiger partial charge on any atom is 0.411 e. The molecule has 2 aliphatic carbocycles. The number of hydrogen-bond donors (Lipinski definition) is 0. The van der Waals surface area contributed by atoms with Crippen molar-refractivity contribution in [3.05, 3.63) is 117 Å². The van der Waals surface area contributed by atoms with Crippen LogP contribution in [0.2, 0.25) is 0 Å². The molecule has 1 fully saturated rings. The minimum Gasteiger partial charge on any atom is -0.683 e.